The lowest BCUT2D eigenvalue weighted by molar-refractivity contribution is 0.645. The molecule has 0 aliphatic heterocycles. The molecule has 3 aromatic heterocycles. The first kappa shape index (κ1) is 33.3. The molecule has 0 radical (unpaired) electrons. The van der Waals surface area contributed by atoms with Gasteiger partial charge < -0.3 is 8.98 Å². The van der Waals surface area contributed by atoms with Gasteiger partial charge in [0.1, 0.15) is 5.58 Å². The van der Waals surface area contributed by atoms with E-state index in [2.05, 4.69) is 221 Å². The van der Waals surface area contributed by atoms with Crippen LogP contribution in [0.4, 0.5) is 0 Å². The zero-order valence-electron chi connectivity index (χ0n) is 32.1. The summed E-state index contributed by atoms with van der Waals surface area (Å²) in [5.41, 5.74) is 17.0. The molecule has 12 rings (SSSR count). The number of benzene rings is 9. The second kappa shape index (κ2) is 13.4. The van der Waals surface area contributed by atoms with Crippen LogP contribution in [0.15, 0.2) is 223 Å². The Morgan fingerprint density at radius 2 is 0.712 bits per heavy atom. The smallest absolute Gasteiger partial charge is 0.213 e. The summed E-state index contributed by atoms with van der Waals surface area (Å²) in [7, 11) is 0. The largest absolute Gasteiger partial charge is 0.439 e. The number of furan rings is 1. The Hall–Kier alpha value is -7.88. The van der Waals surface area contributed by atoms with Crippen LogP contribution in [0.1, 0.15) is 0 Å². The minimum Gasteiger partial charge on any atom is -0.439 e. The zero-order valence-corrected chi connectivity index (χ0v) is 32.1. The maximum atomic E-state index is 6.55. The van der Waals surface area contributed by atoms with E-state index in [9.17, 15) is 0 Å². The minimum atomic E-state index is 0.868. The van der Waals surface area contributed by atoms with Gasteiger partial charge in [0, 0.05) is 32.9 Å². The molecular formula is C56H36N2O. The maximum absolute atomic E-state index is 6.55. The van der Waals surface area contributed by atoms with Crippen molar-refractivity contribution in [1.29, 1.82) is 0 Å². The summed E-state index contributed by atoms with van der Waals surface area (Å²) < 4.78 is 11.2. The number of rotatable bonds is 6. The van der Waals surface area contributed by atoms with E-state index in [4.69, 9.17) is 4.42 Å². The van der Waals surface area contributed by atoms with Crippen LogP contribution in [-0.4, -0.2) is 9.13 Å². The zero-order chi connectivity index (χ0) is 38.9. The number of nitrogens with zero attached hydrogens (tertiary/aromatic N) is 2. The van der Waals surface area contributed by atoms with Crippen molar-refractivity contribution in [2.24, 2.45) is 0 Å². The van der Waals surface area contributed by atoms with Gasteiger partial charge in [-0.25, -0.2) is 0 Å². The molecule has 0 N–H and O–H groups in total. The topological polar surface area (TPSA) is 23.0 Å². The molecular weight excluding hydrogens is 717 g/mol. The summed E-state index contributed by atoms with van der Waals surface area (Å²) in [6.07, 6.45) is 0. The lowest BCUT2D eigenvalue weighted by Crippen LogP contribution is -1.94. The molecule has 3 heteroatoms. The van der Waals surface area contributed by atoms with Crippen LogP contribution in [0.5, 0.6) is 0 Å². The predicted octanol–water partition coefficient (Wildman–Crippen LogP) is 15.3. The summed E-state index contributed by atoms with van der Waals surface area (Å²) in [5, 5.41) is 5.92. The highest BCUT2D eigenvalue weighted by Crippen LogP contribution is 2.42. The van der Waals surface area contributed by atoms with Crippen LogP contribution in [0, 0.1) is 0 Å². The third-order valence-electron chi connectivity index (χ3n) is 11.9. The van der Waals surface area contributed by atoms with Crippen LogP contribution in [0.25, 0.3) is 111 Å². The van der Waals surface area contributed by atoms with Gasteiger partial charge in [0.2, 0.25) is 5.71 Å². The number of hydrogen-bond donors (Lipinski definition) is 0. The van der Waals surface area contributed by atoms with Crippen molar-refractivity contribution < 1.29 is 4.42 Å². The Kier molecular flexibility index (Phi) is 7.54. The van der Waals surface area contributed by atoms with Crippen molar-refractivity contribution in [1.82, 2.24) is 9.13 Å². The van der Waals surface area contributed by atoms with E-state index in [-0.39, 0.29) is 0 Å². The van der Waals surface area contributed by atoms with Gasteiger partial charge >= 0.3 is 0 Å². The average molecular weight is 753 g/mol. The lowest BCUT2D eigenvalue weighted by atomic mass is 9.97. The Morgan fingerprint density at radius 3 is 1.34 bits per heavy atom. The monoisotopic (exact) mass is 752 g/mol. The van der Waals surface area contributed by atoms with E-state index in [1.165, 1.54) is 71.7 Å². The van der Waals surface area contributed by atoms with Crippen LogP contribution >= 0.6 is 0 Å². The Bertz CT molecular complexity index is 3440. The summed E-state index contributed by atoms with van der Waals surface area (Å²) in [6.45, 7) is 0. The number of hydrogen-bond acceptors (Lipinski definition) is 1. The first-order chi connectivity index (χ1) is 29.2. The lowest BCUT2D eigenvalue weighted by Gasteiger charge is -2.12. The standard InChI is InChI=1S/C56H36N2O/c1-4-14-37(15-5-1)42-26-29-51-48(34-42)49-35-43(38-16-6-2-7-17-38)27-30-52(49)57(51)46-23-13-20-41(33-46)39-18-12-19-40(32-39)44-28-31-53-50(36-44)55-47-24-10-11-25-54(47)59-56(55)58(53)45-21-8-3-9-22-45/h1-36H. The molecule has 0 aliphatic carbocycles. The fraction of sp³-hybridized carbons (Fsp3) is 0. The van der Waals surface area contributed by atoms with Gasteiger partial charge in [-0.1, -0.05) is 146 Å². The Morgan fingerprint density at radius 1 is 0.271 bits per heavy atom. The number of para-hydroxylation sites is 2. The third-order valence-corrected chi connectivity index (χ3v) is 11.9. The highest BCUT2D eigenvalue weighted by molar-refractivity contribution is 6.20. The fourth-order valence-corrected chi connectivity index (χ4v) is 9.13. The number of fused-ring (bicyclic) bond motifs is 8. The minimum absolute atomic E-state index is 0.868. The molecule has 0 bridgehead atoms. The molecule has 3 nitrogen and oxygen atoms in total. The van der Waals surface area contributed by atoms with Crippen LogP contribution in [0.2, 0.25) is 0 Å². The quantitative estimate of drug-likeness (QED) is 0.166. The molecule has 0 atom stereocenters. The van der Waals surface area contributed by atoms with Gasteiger partial charge in [-0.2, -0.15) is 0 Å². The van der Waals surface area contributed by atoms with Gasteiger partial charge in [-0.05, 0) is 117 Å². The summed E-state index contributed by atoms with van der Waals surface area (Å²) in [5.74, 6) is 0. The average Bonchev–Trinajstić information content (AvgIpc) is 3.96. The van der Waals surface area contributed by atoms with E-state index in [1.54, 1.807) is 0 Å². The molecule has 0 unspecified atom stereocenters. The van der Waals surface area contributed by atoms with Crippen molar-refractivity contribution in [3.63, 3.8) is 0 Å². The highest BCUT2D eigenvalue weighted by atomic mass is 16.3. The molecule has 12 aromatic rings. The van der Waals surface area contributed by atoms with Gasteiger partial charge in [-0.15, -0.1) is 0 Å². The van der Waals surface area contributed by atoms with E-state index >= 15 is 0 Å². The van der Waals surface area contributed by atoms with Crippen molar-refractivity contribution in [3.8, 4) is 55.9 Å². The third kappa shape index (κ3) is 5.44. The first-order valence-corrected chi connectivity index (χ1v) is 20.2. The van der Waals surface area contributed by atoms with Crippen LogP contribution in [-0.2, 0) is 0 Å². The molecule has 3 heterocycles. The molecule has 0 aliphatic rings. The highest BCUT2D eigenvalue weighted by Gasteiger charge is 2.20. The molecule has 0 spiro atoms. The van der Waals surface area contributed by atoms with Crippen LogP contribution in [0.3, 0.4) is 0 Å². The second-order valence-electron chi connectivity index (χ2n) is 15.3. The normalized spacial score (nSPS) is 11.7. The molecule has 0 amide bonds. The van der Waals surface area contributed by atoms with Crippen molar-refractivity contribution >= 4 is 54.8 Å². The molecule has 9 aromatic carbocycles. The van der Waals surface area contributed by atoms with Gasteiger partial charge in [0.05, 0.1) is 21.9 Å². The molecule has 59 heavy (non-hydrogen) atoms. The Labute approximate surface area is 341 Å². The summed E-state index contributed by atoms with van der Waals surface area (Å²) in [6, 6.07) is 78.7. The first-order valence-electron chi connectivity index (χ1n) is 20.2. The van der Waals surface area contributed by atoms with Crippen molar-refractivity contribution in [3.05, 3.63) is 218 Å². The second-order valence-corrected chi connectivity index (χ2v) is 15.3. The van der Waals surface area contributed by atoms with Gasteiger partial charge in [0.15, 0.2) is 0 Å². The van der Waals surface area contributed by atoms with Gasteiger partial charge in [0.25, 0.3) is 0 Å². The predicted molar refractivity (Wildman–Crippen MR) is 247 cm³/mol. The maximum Gasteiger partial charge on any atom is 0.213 e. The summed E-state index contributed by atoms with van der Waals surface area (Å²) >= 11 is 0. The molecule has 0 fully saturated rings. The van der Waals surface area contributed by atoms with E-state index < -0.39 is 0 Å². The van der Waals surface area contributed by atoms with Crippen molar-refractivity contribution in [2.75, 3.05) is 0 Å². The Balaban J connectivity index is 0.988. The van der Waals surface area contributed by atoms with E-state index in [1.807, 2.05) is 6.07 Å². The summed E-state index contributed by atoms with van der Waals surface area (Å²) in [4.78, 5) is 0. The fourth-order valence-electron chi connectivity index (χ4n) is 9.13. The van der Waals surface area contributed by atoms with E-state index in [0.29, 0.717) is 0 Å². The number of aromatic nitrogens is 2. The SMILES string of the molecule is c1ccc(-c2ccc3c(c2)c2cc(-c4ccccc4)ccc2n3-c2cccc(-c3cccc(-c4ccc5c(c4)c4c6ccccc6oc4n5-c4ccccc4)c3)c2)cc1. The van der Waals surface area contributed by atoms with Crippen molar-refractivity contribution in [2.45, 2.75) is 0 Å². The van der Waals surface area contributed by atoms with Crippen LogP contribution < -0.4 is 0 Å². The van der Waals surface area contributed by atoms with E-state index in [0.717, 1.165) is 39.0 Å². The molecule has 276 valence electrons. The van der Waals surface area contributed by atoms with Gasteiger partial charge in [-0.3, -0.25) is 4.57 Å². The molecule has 0 saturated carbocycles. The molecule has 0 saturated heterocycles.